The van der Waals surface area contributed by atoms with E-state index in [1.165, 1.54) is 4.90 Å². The van der Waals surface area contributed by atoms with E-state index in [-0.39, 0.29) is 25.4 Å². The smallest absolute Gasteiger partial charge is 0.337 e. The molecule has 0 radical (unpaired) electrons. The molecule has 2 aromatic rings. The summed E-state index contributed by atoms with van der Waals surface area (Å²) >= 11 is 0. The standard InChI is InChI=1S/C25H35N3O6/c1-16(2)14-28(15-21(29)23(31)34-25(3,4)5)24(32)26-20(22(30)27-33)13-17-10-11-18-8-6-7-9-19(18)12-17/h6-12,16,20-21,29,33H,13-15H2,1-5H3,(H,26,32)(H,27,30)/t20-,21?/m0/s1. The molecule has 0 spiro atoms. The Kier molecular flexibility index (Phi) is 9.40. The molecule has 2 atom stereocenters. The number of benzene rings is 2. The van der Waals surface area contributed by atoms with Crippen molar-refractivity contribution in [1.82, 2.24) is 15.7 Å². The fraction of sp³-hybridized carbons (Fsp3) is 0.480. The van der Waals surface area contributed by atoms with Crippen LogP contribution in [0.1, 0.15) is 40.2 Å². The Hall–Kier alpha value is -3.17. The maximum Gasteiger partial charge on any atom is 0.337 e. The number of hydrogen-bond donors (Lipinski definition) is 4. The SMILES string of the molecule is CC(C)CN(CC(O)C(=O)OC(C)(C)C)C(=O)N[C@@H](Cc1ccc2ccccc2c1)C(=O)NO. The van der Waals surface area contributed by atoms with E-state index < -0.39 is 35.7 Å². The zero-order chi connectivity index (χ0) is 25.5. The highest BCUT2D eigenvalue weighted by atomic mass is 16.6. The quantitative estimate of drug-likeness (QED) is 0.252. The maximum atomic E-state index is 13.0. The Morgan fingerprint density at radius 3 is 2.26 bits per heavy atom. The van der Waals surface area contributed by atoms with E-state index in [0.29, 0.717) is 0 Å². The Labute approximate surface area is 200 Å². The van der Waals surface area contributed by atoms with Crippen LogP contribution in [0, 0.1) is 5.92 Å². The van der Waals surface area contributed by atoms with Crippen LogP contribution in [0.4, 0.5) is 4.79 Å². The van der Waals surface area contributed by atoms with Crippen molar-refractivity contribution < 1.29 is 29.4 Å². The summed E-state index contributed by atoms with van der Waals surface area (Å²) in [6.07, 6.45) is -1.41. The van der Waals surface area contributed by atoms with Crippen LogP contribution >= 0.6 is 0 Å². The number of aliphatic hydroxyl groups is 1. The third-order valence-electron chi connectivity index (χ3n) is 4.92. The van der Waals surface area contributed by atoms with Crippen LogP contribution < -0.4 is 10.8 Å². The van der Waals surface area contributed by atoms with E-state index >= 15 is 0 Å². The average Bonchev–Trinajstić information content (AvgIpc) is 2.75. The molecule has 0 saturated heterocycles. The van der Waals surface area contributed by atoms with E-state index in [2.05, 4.69) is 5.32 Å². The predicted molar refractivity (Wildman–Crippen MR) is 128 cm³/mol. The van der Waals surface area contributed by atoms with E-state index in [1.807, 2.05) is 56.3 Å². The zero-order valence-corrected chi connectivity index (χ0v) is 20.4. The summed E-state index contributed by atoms with van der Waals surface area (Å²) in [5.74, 6) is -1.59. The lowest BCUT2D eigenvalue weighted by molar-refractivity contribution is -0.165. The van der Waals surface area contributed by atoms with Gasteiger partial charge in [-0.05, 0) is 43.0 Å². The highest BCUT2D eigenvalue weighted by molar-refractivity contribution is 5.87. The van der Waals surface area contributed by atoms with Gasteiger partial charge in [0.2, 0.25) is 0 Å². The molecule has 2 rings (SSSR count). The summed E-state index contributed by atoms with van der Waals surface area (Å²) in [6.45, 7) is 8.74. The van der Waals surface area contributed by atoms with Gasteiger partial charge in [0, 0.05) is 13.0 Å². The molecule has 0 heterocycles. The van der Waals surface area contributed by atoms with Gasteiger partial charge in [-0.3, -0.25) is 10.0 Å². The van der Waals surface area contributed by atoms with Gasteiger partial charge in [0.1, 0.15) is 11.6 Å². The number of hydrogen-bond acceptors (Lipinski definition) is 6. The first-order chi connectivity index (χ1) is 15.9. The van der Waals surface area contributed by atoms with Crippen molar-refractivity contribution in [2.75, 3.05) is 13.1 Å². The molecular weight excluding hydrogens is 438 g/mol. The Balaban J connectivity index is 2.17. The molecule has 1 unspecified atom stereocenters. The number of rotatable bonds is 9. The van der Waals surface area contributed by atoms with Crippen molar-refractivity contribution in [3.63, 3.8) is 0 Å². The predicted octanol–water partition coefficient (Wildman–Crippen LogP) is 2.63. The molecule has 0 bridgehead atoms. The zero-order valence-electron chi connectivity index (χ0n) is 20.4. The molecular formula is C25H35N3O6. The number of nitrogens with one attached hydrogen (secondary N) is 2. The van der Waals surface area contributed by atoms with Crippen molar-refractivity contribution in [1.29, 1.82) is 0 Å². The molecule has 4 N–H and O–H groups in total. The minimum atomic E-state index is -1.55. The van der Waals surface area contributed by atoms with Gasteiger partial charge in [-0.1, -0.05) is 56.3 Å². The first-order valence-corrected chi connectivity index (χ1v) is 11.3. The van der Waals surface area contributed by atoms with Crippen molar-refractivity contribution >= 4 is 28.7 Å². The molecule has 186 valence electrons. The topological polar surface area (TPSA) is 128 Å². The molecule has 0 saturated carbocycles. The van der Waals surface area contributed by atoms with Gasteiger partial charge >= 0.3 is 12.0 Å². The molecule has 0 aliphatic rings. The van der Waals surface area contributed by atoms with Crippen LogP contribution in [-0.4, -0.2) is 64.0 Å². The molecule has 0 aromatic heterocycles. The fourth-order valence-electron chi connectivity index (χ4n) is 3.46. The second-order valence-corrected chi connectivity index (χ2v) is 9.71. The van der Waals surface area contributed by atoms with Gasteiger partial charge in [0.15, 0.2) is 6.10 Å². The minimum absolute atomic E-state index is 0.0298. The molecule has 2 aromatic carbocycles. The summed E-state index contributed by atoms with van der Waals surface area (Å²) in [5.41, 5.74) is 1.60. The van der Waals surface area contributed by atoms with Crippen molar-refractivity contribution in [3.8, 4) is 0 Å². The highest BCUT2D eigenvalue weighted by Gasteiger charge is 2.29. The largest absolute Gasteiger partial charge is 0.458 e. The monoisotopic (exact) mass is 473 g/mol. The molecule has 0 fully saturated rings. The number of nitrogens with zero attached hydrogens (tertiary/aromatic N) is 1. The number of urea groups is 1. The summed E-state index contributed by atoms with van der Waals surface area (Å²) in [6, 6.07) is 11.7. The summed E-state index contributed by atoms with van der Waals surface area (Å²) < 4.78 is 5.19. The molecule has 9 heteroatoms. The lowest BCUT2D eigenvalue weighted by atomic mass is 10.0. The number of ether oxygens (including phenoxy) is 1. The van der Waals surface area contributed by atoms with Crippen LogP contribution in [0.2, 0.25) is 0 Å². The van der Waals surface area contributed by atoms with E-state index in [0.717, 1.165) is 16.3 Å². The number of carbonyl (C=O) groups is 3. The maximum absolute atomic E-state index is 13.0. The number of aliphatic hydroxyl groups excluding tert-OH is 1. The van der Waals surface area contributed by atoms with Crippen molar-refractivity contribution in [2.24, 2.45) is 5.92 Å². The van der Waals surface area contributed by atoms with Crippen LogP contribution in [0.5, 0.6) is 0 Å². The van der Waals surface area contributed by atoms with E-state index in [4.69, 9.17) is 4.74 Å². The second kappa shape index (κ2) is 11.8. The number of esters is 1. The summed E-state index contributed by atoms with van der Waals surface area (Å²) in [5, 5.41) is 24.2. The summed E-state index contributed by atoms with van der Waals surface area (Å²) in [4.78, 5) is 38.8. The van der Waals surface area contributed by atoms with Crippen LogP contribution in [-0.2, 0) is 20.7 Å². The molecule has 34 heavy (non-hydrogen) atoms. The van der Waals surface area contributed by atoms with Gasteiger partial charge in [-0.15, -0.1) is 0 Å². The van der Waals surface area contributed by atoms with E-state index in [1.54, 1.807) is 26.3 Å². The average molecular weight is 474 g/mol. The van der Waals surface area contributed by atoms with Gasteiger partial charge < -0.3 is 20.1 Å². The van der Waals surface area contributed by atoms with Gasteiger partial charge in [0.25, 0.3) is 5.91 Å². The highest BCUT2D eigenvalue weighted by Crippen LogP contribution is 2.17. The molecule has 3 amide bonds. The lowest BCUT2D eigenvalue weighted by Gasteiger charge is -2.29. The Bertz CT molecular complexity index is 1000. The van der Waals surface area contributed by atoms with Crippen molar-refractivity contribution in [3.05, 3.63) is 48.0 Å². The van der Waals surface area contributed by atoms with Gasteiger partial charge in [0.05, 0.1) is 6.54 Å². The normalized spacial score (nSPS) is 13.3. The molecule has 0 aliphatic carbocycles. The van der Waals surface area contributed by atoms with Crippen molar-refractivity contribution in [2.45, 2.75) is 58.8 Å². The number of fused-ring (bicyclic) bond motifs is 1. The number of amides is 3. The third kappa shape index (κ3) is 8.31. The Morgan fingerprint density at radius 2 is 1.68 bits per heavy atom. The van der Waals surface area contributed by atoms with E-state index in [9.17, 15) is 24.7 Å². The molecule has 0 aliphatic heterocycles. The first-order valence-electron chi connectivity index (χ1n) is 11.3. The summed E-state index contributed by atoms with van der Waals surface area (Å²) in [7, 11) is 0. The Morgan fingerprint density at radius 1 is 1.03 bits per heavy atom. The number of carbonyl (C=O) groups excluding carboxylic acids is 3. The molecule has 9 nitrogen and oxygen atoms in total. The fourth-order valence-corrected chi connectivity index (χ4v) is 3.46. The first kappa shape index (κ1) is 27.1. The second-order valence-electron chi connectivity index (χ2n) is 9.71. The van der Waals surface area contributed by atoms with Gasteiger partial charge in [-0.25, -0.2) is 15.1 Å². The van der Waals surface area contributed by atoms with Crippen LogP contribution in [0.15, 0.2) is 42.5 Å². The minimum Gasteiger partial charge on any atom is -0.458 e. The lowest BCUT2D eigenvalue weighted by Crippen LogP contribution is -2.54. The number of hydroxylamine groups is 1. The van der Waals surface area contributed by atoms with Crippen LogP contribution in [0.3, 0.4) is 0 Å². The van der Waals surface area contributed by atoms with Crippen LogP contribution in [0.25, 0.3) is 10.8 Å². The third-order valence-corrected chi connectivity index (χ3v) is 4.92. The van der Waals surface area contributed by atoms with Gasteiger partial charge in [-0.2, -0.15) is 0 Å².